The van der Waals surface area contributed by atoms with Crippen molar-refractivity contribution in [1.29, 1.82) is 0 Å². The molecule has 6 aromatic carbocycles. The van der Waals surface area contributed by atoms with E-state index in [2.05, 4.69) is 117 Å². The molecule has 0 radical (unpaired) electrons. The van der Waals surface area contributed by atoms with Gasteiger partial charge in [0.15, 0.2) is 0 Å². The van der Waals surface area contributed by atoms with Crippen molar-refractivity contribution in [3.63, 3.8) is 0 Å². The summed E-state index contributed by atoms with van der Waals surface area (Å²) in [6, 6.07) is 30.7. The lowest BCUT2D eigenvalue weighted by atomic mass is 9.86. The first-order valence-corrected chi connectivity index (χ1v) is 10.9. The zero-order valence-corrected chi connectivity index (χ0v) is 18.0. The van der Waals surface area contributed by atoms with Gasteiger partial charge in [-0.3, -0.25) is 0 Å². The van der Waals surface area contributed by atoms with Crippen LogP contribution in [0.4, 0.5) is 0 Å². The highest BCUT2D eigenvalue weighted by atomic mass is 79.9. The van der Waals surface area contributed by atoms with Crippen LogP contribution in [0.2, 0.25) is 0 Å². The van der Waals surface area contributed by atoms with Crippen LogP contribution < -0.4 is 0 Å². The van der Waals surface area contributed by atoms with E-state index in [0.717, 1.165) is 8.95 Å². The standard InChI is InChI=1S/C26H14Br2/c27-22-13-11-17-18-12-14-23(28)20-10-9-16(15-5-2-1-3-6-15)25(26(18)20)21-8-4-7-19(22)24(17)21/h1-14H. The zero-order valence-electron chi connectivity index (χ0n) is 14.8. The topological polar surface area (TPSA) is 0 Å². The van der Waals surface area contributed by atoms with Crippen LogP contribution >= 0.6 is 31.9 Å². The van der Waals surface area contributed by atoms with E-state index in [0.29, 0.717) is 0 Å². The number of rotatable bonds is 1. The van der Waals surface area contributed by atoms with Crippen LogP contribution in [0, 0.1) is 0 Å². The van der Waals surface area contributed by atoms with Gasteiger partial charge in [-0.25, -0.2) is 0 Å². The molecule has 0 fully saturated rings. The Morgan fingerprint density at radius 3 is 1.75 bits per heavy atom. The van der Waals surface area contributed by atoms with Gasteiger partial charge in [-0.1, -0.05) is 105 Å². The van der Waals surface area contributed by atoms with Crippen LogP contribution in [0.3, 0.4) is 0 Å². The van der Waals surface area contributed by atoms with Crippen LogP contribution in [-0.2, 0) is 0 Å². The van der Waals surface area contributed by atoms with Gasteiger partial charge >= 0.3 is 0 Å². The van der Waals surface area contributed by atoms with Gasteiger partial charge in [-0.15, -0.1) is 0 Å². The minimum absolute atomic E-state index is 1.14. The Hall–Kier alpha value is -2.42. The molecule has 0 unspecified atom stereocenters. The number of hydrogen-bond donors (Lipinski definition) is 0. The van der Waals surface area contributed by atoms with E-state index >= 15 is 0 Å². The number of benzene rings is 6. The summed E-state index contributed by atoms with van der Waals surface area (Å²) in [5.74, 6) is 0. The molecule has 28 heavy (non-hydrogen) atoms. The molecule has 0 spiro atoms. The Balaban J connectivity index is 2.00. The van der Waals surface area contributed by atoms with Gasteiger partial charge in [-0.2, -0.15) is 0 Å². The molecular weight excluding hydrogens is 472 g/mol. The maximum atomic E-state index is 3.78. The van der Waals surface area contributed by atoms with Gasteiger partial charge in [0.05, 0.1) is 0 Å². The third-order valence-corrected chi connectivity index (χ3v) is 7.14. The fourth-order valence-electron chi connectivity index (χ4n) is 4.58. The predicted octanol–water partition coefficient (Wildman–Crippen LogP) is 8.93. The lowest BCUT2D eigenvalue weighted by Crippen LogP contribution is -1.90. The highest BCUT2D eigenvalue weighted by Crippen LogP contribution is 2.46. The molecule has 0 aliphatic heterocycles. The largest absolute Gasteiger partial charge is 0.0622 e. The minimum atomic E-state index is 1.14. The van der Waals surface area contributed by atoms with Crippen molar-refractivity contribution in [1.82, 2.24) is 0 Å². The average Bonchev–Trinajstić information content (AvgIpc) is 2.74. The maximum Gasteiger partial charge on any atom is 0.0254 e. The first-order chi connectivity index (χ1) is 13.7. The lowest BCUT2D eigenvalue weighted by Gasteiger charge is -2.18. The molecule has 0 aliphatic carbocycles. The van der Waals surface area contributed by atoms with Crippen LogP contribution in [0.5, 0.6) is 0 Å². The number of halogens is 2. The Bertz CT molecular complexity index is 1510. The molecule has 0 aliphatic rings. The first-order valence-electron chi connectivity index (χ1n) is 9.26. The van der Waals surface area contributed by atoms with Crippen molar-refractivity contribution in [3.05, 3.63) is 93.9 Å². The Morgan fingerprint density at radius 2 is 1.00 bits per heavy atom. The second-order valence-electron chi connectivity index (χ2n) is 7.19. The number of fused-ring (bicyclic) bond motifs is 2. The molecule has 0 heterocycles. The Morgan fingerprint density at radius 1 is 0.393 bits per heavy atom. The molecule has 0 saturated carbocycles. The van der Waals surface area contributed by atoms with E-state index < -0.39 is 0 Å². The summed E-state index contributed by atoms with van der Waals surface area (Å²) in [5.41, 5.74) is 2.53. The van der Waals surface area contributed by atoms with Gasteiger partial charge in [0.25, 0.3) is 0 Å². The van der Waals surface area contributed by atoms with E-state index in [1.165, 1.54) is 54.2 Å². The fraction of sp³-hybridized carbons (Fsp3) is 0. The highest BCUT2D eigenvalue weighted by Gasteiger charge is 2.18. The molecule has 0 aromatic heterocycles. The van der Waals surface area contributed by atoms with E-state index in [9.17, 15) is 0 Å². The third-order valence-electron chi connectivity index (χ3n) is 5.76. The van der Waals surface area contributed by atoms with Crippen molar-refractivity contribution in [2.75, 3.05) is 0 Å². The molecule has 6 rings (SSSR count). The summed E-state index contributed by atoms with van der Waals surface area (Å²) in [7, 11) is 0. The quantitative estimate of drug-likeness (QED) is 0.161. The molecule has 0 bridgehead atoms. The second-order valence-corrected chi connectivity index (χ2v) is 8.90. The van der Waals surface area contributed by atoms with Crippen molar-refractivity contribution < 1.29 is 0 Å². The molecule has 6 aromatic rings. The highest BCUT2D eigenvalue weighted by molar-refractivity contribution is 9.11. The SMILES string of the molecule is Brc1ccc2c3ccc(Br)c4ccc(-c5ccccc5)c(c5cccc1c25)c43. The number of hydrogen-bond acceptors (Lipinski definition) is 0. The normalized spacial score (nSPS) is 11.9. The van der Waals surface area contributed by atoms with Crippen molar-refractivity contribution in [3.8, 4) is 11.1 Å². The molecule has 0 atom stereocenters. The monoisotopic (exact) mass is 484 g/mol. The zero-order chi connectivity index (χ0) is 18.8. The lowest BCUT2D eigenvalue weighted by molar-refractivity contribution is 1.66. The van der Waals surface area contributed by atoms with E-state index in [1.807, 2.05) is 0 Å². The summed E-state index contributed by atoms with van der Waals surface area (Å²) >= 11 is 7.54. The molecule has 0 amide bonds. The van der Waals surface area contributed by atoms with Gasteiger partial charge in [0.2, 0.25) is 0 Å². The van der Waals surface area contributed by atoms with Crippen LogP contribution in [0.25, 0.3) is 54.2 Å². The van der Waals surface area contributed by atoms with E-state index in [-0.39, 0.29) is 0 Å². The molecule has 0 nitrogen and oxygen atoms in total. The van der Waals surface area contributed by atoms with Crippen LogP contribution in [0.15, 0.2) is 93.9 Å². The Kier molecular flexibility index (Phi) is 3.56. The van der Waals surface area contributed by atoms with Crippen molar-refractivity contribution >= 4 is 74.9 Å². The van der Waals surface area contributed by atoms with Gasteiger partial charge in [0.1, 0.15) is 0 Å². The smallest absolute Gasteiger partial charge is 0.0254 e. The Labute approximate surface area is 179 Å². The molecular formula is C26H14Br2. The fourth-order valence-corrected chi connectivity index (χ4v) is 5.50. The molecule has 0 N–H and O–H groups in total. The van der Waals surface area contributed by atoms with Gasteiger partial charge < -0.3 is 0 Å². The van der Waals surface area contributed by atoms with Gasteiger partial charge in [-0.05, 0) is 66.3 Å². The summed E-state index contributed by atoms with van der Waals surface area (Å²) in [6.45, 7) is 0. The summed E-state index contributed by atoms with van der Waals surface area (Å²) in [5, 5.41) is 10.4. The minimum Gasteiger partial charge on any atom is -0.0622 e. The van der Waals surface area contributed by atoms with Crippen LogP contribution in [-0.4, -0.2) is 0 Å². The maximum absolute atomic E-state index is 3.78. The summed E-state index contributed by atoms with van der Waals surface area (Å²) < 4.78 is 2.28. The van der Waals surface area contributed by atoms with Crippen LogP contribution in [0.1, 0.15) is 0 Å². The van der Waals surface area contributed by atoms with Gasteiger partial charge in [0, 0.05) is 8.95 Å². The van der Waals surface area contributed by atoms with Crippen molar-refractivity contribution in [2.45, 2.75) is 0 Å². The average molecular weight is 486 g/mol. The molecule has 2 heteroatoms. The third kappa shape index (κ3) is 2.16. The summed E-state index contributed by atoms with van der Waals surface area (Å²) in [4.78, 5) is 0. The van der Waals surface area contributed by atoms with E-state index in [4.69, 9.17) is 0 Å². The summed E-state index contributed by atoms with van der Waals surface area (Å²) in [6.07, 6.45) is 0. The predicted molar refractivity (Wildman–Crippen MR) is 128 cm³/mol. The first kappa shape index (κ1) is 16.5. The molecule has 0 saturated heterocycles. The van der Waals surface area contributed by atoms with E-state index in [1.54, 1.807) is 0 Å². The second kappa shape index (κ2) is 6.04. The van der Waals surface area contributed by atoms with Crippen molar-refractivity contribution in [2.24, 2.45) is 0 Å². The molecule has 132 valence electrons.